The zero-order chi connectivity index (χ0) is 14.6. The lowest BCUT2D eigenvalue weighted by atomic mass is 10.2. The standard InChI is InChI=1S/C13H24F3N3O/c1-17-8-11-2-3-12(20-11)9-18-4-6-19(7-5-18)10-13(14,15)16/h11-12,17H,2-10H2,1H3. The van der Waals surface area contributed by atoms with Crippen LogP contribution in [0.2, 0.25) is 0 Å². The summed E-state index contributed by atoms with van der Waals surface area (Å²) in [5.41, 5.74) is 0. The van der Waals surface area contributed by atoms with Crippen LogP contribution in [0.15, 0.2) is 0 Å². The number of hydrogen-bond acceptors (Lipinski definition) is 4. The molecule has 2 atom stereocenters. The van der Waals surface area contributed by atoms with Crippen LogP contribution >= 0.6 is 0 Å². The molecule has 2 unspecified atom stereocenters. The maximum absolute atomic E-state index is 12.3. The Bertz CT molecular complexity index is 293. The summed E-state index contributed by atoms with van der Waals surface area (Å²) in [6.45, 7) is 3.32. The Morgan fingerprint density at radius 1 is 1.05 bits per heavy atom. The minimum atomic E-state index is -4.09. The third-order valence-electron chi connectivity index (χ3n) is 3.96. The summed E-state index contributed by atoms with van der Waals surface area (Å²) in [4.78, 5) is 3.70. The molecule has 0 radical (unpaired) electrons. The second-order valence-electron chi connectivity index (χ2n) is 5.71. The Balaban J connectivity index is 1.65. The zero-order valence-corrected chi connectivity index (χ0v) is 12.0. The molecule has 0 saturated carbocycles. The summed E-state index contributed by atoms with van der Waals surface area (Å²) in [6.07, 6.45) is -1.44. The predicted molar refractivity (Wildman–Crippen MR) is 70.8 cm³/mol. The fourth-order valence-corrected chi connectivity index (χ4v) is 2.96. The van der Waals surface area contributed by atoms with E-state index in [0.29, 0.717) is 26.2 Å². The molecule has 0 amide bonds. The van der Waals surface area contributed by atoms with Crippen molar-refractivity contribution in [2.24, 2.45) is 0 Å². The number of piperazine rings is 1. The van der Waals surface area contributed by atoms with E-state index in [1.807, 2.05) is 7.05 Å². The van der Waals surface area contributed by atoms with Crippen molar-refractivity contribution < 1.29 is 17.9 Å². The van der Waals surface area contributed by atoms with E-state index in [0.717, 1.165) is 25.9 Å². The topological polar surface area (TPSA) is 27.7 Å². The van der Waals surface area contributed by atoms with Crippen LogP contribution in [0.5, 0.6) is 0 Å². The molecule has 0 bridgehead atoms. The number of ether oxygens (including phenoxy) is 1. The Morgan fingerprint density at radius 2 is 1.65 bits per heavy atom. The molecule has 118 valence electrons. The Labute approximate surface area is 118 Å². The molecule has 2 saturated heterocycles. The summed E-state index contributed by atoms with van der Waals surface area (Å²) in [5, 5.41) is 3.11. The van der Waals surface area contributed by atoms with Crippen molar-refractivity contribution in [3.63, 3.8) is 0 Å². The molecule has 4 nitrogen and oxygen atoms in total. The molecule has 0 spiro atoms. The number of alkyl halides is 3. The van der Waals surface area contributed by atoms with E-state index in [1.54, 1.807) is 0 Å². The molecule has 2 rings (SSSR count). The van der Waals surface area contributed by atoms with Crippen LogP contribution < -0.4 is 5.32 Å². The van der Waals surface area contributed by atoms with E-state index >= 15 is 0 Å². The van der Waals surface area contributed by atoms with Crippen molar-refractivity contribution in [1.29, 1.82) is 0 Å². The number of likely N-dealkylation sites (N-methyl/N-ethyl adjacent to an activating group) is 1. The van der Waals surface area contributed by atoms with Crippen molar-refractivity contribution >= 4 is 0 Å². The van der Waals surface area contributed by atoms with Gasteiger partial charge in [0.2, 0.25) is 0 Å². The molecule has 1 N–H and O–H groups in total. The molecule has 0 aromatic carbocycles. The SMILES string of the molecule is CNCC1CCC(CN2CCN(CC(F)(F)F)CC2)O1. The molecule has 2 aliphatic heterocycles. The summed E-state index contributed by atoms with van der Waals surface area (Å²) in [5.74, 6) is 0. The summed E-state index contributed by atoms with van der Waals surface area (Å²) in [6, 6.07) is 0. The first-order chi connectivity index (χ1) is 9.46. The van der Waals surface area contributed by atoms with E-state index < -0.39 is 12.7 Å². The average molecular weight is 295 g/mol. The van der Waals surface area contributed by atoms with Gasteiger partial charge in [0.25, 0.3) is 0 Å². The predicted octanol–water partition coefficient (Wildman–Crippen LogP) is 0.933. The van der Waals surface area contributed by atoms with Crippen LogP contribution in [-0.4, -0.2) is 81.0 Å². The van der Waals surface area contributed by atoms with Gasteiger partial charge in [0.15, 0.2) is 0 Å². The number of rotatable bonds is 5. The van der Waals surface area contributed by atoms with Crippen LogP contribution in [-0.2, 0) is 4.74 Å². The zero-order valence-electron chi connectivity index (χ0n) is 12.0. The van der Waals surface area contributed by atoms with Gasteiger partial charge in [0.1, 0.15) is 0 Å². The van der Waals surface area contributed by atoms with E-state index in [9.17, 15) is 13.2 Å². The van der Waals surface area contributed by atoms with E-state index in [4.69, 9.17) is 4.74 Å². The second-order valence-corrected chi connectivity index (χ2v) is 5.71. The summed E-state index contributed by atoms with van der Waals surface area (Å²) < 4.78 is 42.8. The van der Waals surface area contributed by atoms with Gasteiger partial charge >= 0.3 is 6.18 Å². The highest BCUT2D eigenvalue weighted by molar-refractivity contribution is 4.80. The maximum atomic E-state index is 12.3. The Hall–Kier alpha value is -0.370. The monoisotopic (exact) mass is 295 g/mol. The second kappa shape index (κ2) is 7.06. The molecule has 0 aromatic heterocycles. The smallest absolute Gasteiger partial charge is 0.372 e. The fraction of sp³-hybridized carbons (Fsp3) is 1.00. The first-order valence-electron chi connectivity index (χ1n) is 7.28. The first kappa shape index (κ1) is 16.0. The van der Waals surface area contributed by atoms with Crippen molar-refractivity contribution in [3.8, 4) is 0 Å². The van der Waals surface area contributed by atoms with Crippen LogP contribution in [0, 0.1) is 0 Å². The Kier molecular flexibility index (Phi) is 5.65. The molecule has 2 aliphatic rings. The van der Waals surface area contributed by atoms with Gasteiger partial charge in [0, 0.05) is 39.3 Å². The number of halogens is 3. The van der Waals surface area contributed by atoms with Crippen LogP contribution in [0.1, 0.15) is 12.8 Å². The highest BCUT2D eigenvalue weighted by Gasteiger charge is 2.33. The van der Waals surface area contributed by atoms with Gasteiger partial charge in [-0.05, 0) is 19.9 Å². The van der Waals surface area contributed by atoms with Gasteiger partial charge in [0.05, 0.1) is 18.8 Å². The lowest BCUT2D eigenvalue weighted by molar-refractivity contribution is -0.149. The highest BCUT2D eigenvalue weighted by atomic mass is 19.4. The van der Waals surface area contributed by atoms with Crippen molar-refractivity contribution in [1.82, 2.24) is 15.1 Å². The number of nitrogens with zero attached hydrogens (tertiary/aromatic N) is 2. The Morgan fingerprint density at radius 3 is 2.25 bits per heavy atom. The molecule has 2 heterocycles. The van der Waals surface area contributed by atoms with Gasteiger partial charge in [-0.3, -0.25) is 9.80 Å². The maximum Gasteiger partial charge on any atom is 0.401 e. The van der Waals surface area contributed by atoms with E-state index in [-0.39, 0.29) is 12.2 Å². The van der Waals surface area contributed by atoms with Crippen molar-refractivity contribution in [2.45, 2.75) is 31.2 Å². The third-order valence-corrected chi connectivity index (χ3v) is 3.96. The first-order valence-corrected chi connectivity index (χ1v) is 7.28. The van der Waals surface area contributed by atoms with Gasteiger partial charge in [-0.15, -0.1) is 0 Å². The summed E-state index contributed by atoms with van der Waals surface area (Å²) >= 11 is 0. The molecule has 0 aromatic rings. The van der Waals surface area contributed by atoms with Crippen molar-refractivity contribution in [3.05, 3.63) is 0 Å². The minimum absolute atomic E-state index is 0.238. The van der Waals surface area contributed by atoms with Crippen molar-refractivity contribution in [2.75, 3.05) is 52.9 Å². The normalized spacial score (nSPS) is 30.0. The highest BCUT2D eigenvalue weighted by Crippen LogP contribution is 2.21. The molecular weight excluding hydrogens is 271 g/mol. The average Bonchev–Trinajstić information content (AvgIpc) is 2.78. The quantitative estimate of drug-likeness (QED) is 0.817. The molecule has 2 fully saturated rings. The van der Waals surface area contributed by atoms with Crippen LogP contribution in [0.25, 0.3) is 0 Å². The fourth-order valence-electron chi connectivity index (χ4n) is 2.96. The third kappa shape index (κ3) is 5.20. The van der Waals surface area contributed by atoms with Gasteiger partial charge in [-0.2, -0.15) is 13.2 Å². The van der Waals surface area contributed by atoms with Crippen LogP contribution in [0.3, 0.4) is 0 Å². The molecule has 20 heavy (non-hydrogen) atoms. The van der Waals surface area contributed by atoms with Crippen LogP contribution in [0.4, 0.5) is 13.2 Å². The van der Waals surface area contributed by atoms with Gasteiger partial charge in [-0.1, -0.05) is 0 Å². The minimum Gasteiger partial charge on any atom is -0.372 e. The van der Waals surface area contributed by atoms with Gasteiger partial charge < -0.3 is 10.1 Å². The number of hydrogen-bond donors (Lipinski definition) is 1. The molecule has 7 heteroatoms. The van der Waals surface area contributed by atoms with Gasteiger partial charge in [-0.25, -0.2) is 0 Å². The van der Waals surface area contributed by atoms with E-state index in [1.165, 1.54) is 4.90 Å². The largest absolute Gasteiger partial charge is 0.401 e. The summed E-state index contributed by atoms with van der Waals surface area (Å²) in [7, 11) is 1.91. The molecular formula is C13H24F3N3O. The lowest BCUT2D eigenvalue weighted by Gasteiger charge is -2.36. The van der Waals surface area contributed by atoms with E-state index in [2.05, 4.69) is 10.2 Å². The number of nitrogens with one attached hydrogen (secondary N) is 1. The molecule has 0 aliphatic carbocycles. The lowest BCUT2D eigenvalue weighted by Crippen LogP contribution is -2.50.